The van der Waals surface area contributed by atoms with Gasteiger partial charge in [-0.3, -0.25) is 10.3 Å². The topological polar surface area (TPSA) is 46.0 Å². The molecule has 0 bridgehead atoms. The zero-order valence-corrected chi connectivity index (χ0v) is 7.09. The minimum Gasteiger partial charge on any atom is -0.482 e. The quantitative estimate of drug-likeness (QED) is 0.363. The van der Waals surface area contributed by atoms with Crippen molar-refractivity contribution < 1.29 is 4.74 Å². The maximum Gasteiger partial charge on any atom is 0.223 e. The van der Waals surface area contributed by atoms with Crippen LogP contribution in [-0.4, -0.2) is 26.8 Å². The van der Waals surface area contributed by atoms with E-state index in [1.807, 2.05) is 6.92 Å². The molecule has 0 amide bonds. The highest BCUT2D eigenvalue weighted by Gasteiger charge is 1.95. The molecule has 0 radical (unpaired) electrons. The number of nitrogens with one attached hydrogen (secondary N) is 1. The molecule has 0 aromatic rings. The molecule has 0 aromatic carbocycles. The Morgan fingerprint density at radius 1 is 1.64 bits per heavy atom. The molecule has 62 valence electrons. The number of hydrogen-bond donors (Lipinski definition) is 1. The summed E-state index contributed by atoms with van der Waals surface area (Å²) in [5, 5.41) is 2.81. The fourth-order valence-corrected chi connectivity index (χ4v) is 0.517. The van der Waals surface area contributed by atoms with E-state index in [9.17, 15) is 0 Å². The Balaban J connectivity index is 4.11. The molecule has 0 saturated carbocycles. The summed E-state index contributed by atoms with van der Waals surface area (Å²) in [6.45, 7) is 5.18. The van der Waals surface area contributed by atoms with E-state index in [0.29, 0.717) is 11.8 Å². The van der Waals surface area contributed by atoms with Crippen molar-refractivity contribution in [2.24, 2.45) is 9.98 Å². The van der Waals surface area contributed by atoms with Crippen LogP contribution in [0, 0.1) is 0 Å². The van der Waals surface area contributed by atoms with Crippen LogP contribution in [0.15, 0.2) is 21.9 Å². The SMILES string of the molecule is C=NC(=NC)N/C(=C\C)OC. The second-order valence-electron chi connectivity index (χ2n) is 1.69. The Kier molecular flexibility index (Phi) is 4.81. The summed E-state index contributed by atoms with van der Waals surface area (Å²) in [7, 11) is 3.19. The highest BCUT2D eigenvalue weighted by molar-refractivity contribution is 5.85. The number of methoxy groups -OCH3 is 1. The van der Waals surface area contributed by atoms with Crippen molar-refractivity contribution >= 4 is 12.7 Å². The van der Waals surface area contributed by atoms with Gasteiger partial charge in [-0.1, -0.05) is 0 Å². The average Bonchev–Trinajstić information content (AvgIpc) is 2.07. The summed E-state index contributed by atoms with van der Waals surface area (Å²) < 4.78 is 4.92. The summed E-state index contributed by atoms with van der Waals surface area (Å²) in [5.41, 5.74) is 0. The first-order valence-corrected chi connectivity index (χ1v) is 3.19. The normalized spacial score (nSPS) is 12.6. The number of ether oxygens (including phenoxy) is 1. The van der Waals surface area contributed by atoms with Crippen molar-refractivity contribution in [3.05, 3.63) is 12.0 Å². The van der Waals surface area contributed by atoms with Crippen LogP contribution >= 0.6 is 0 Å². The molecule has 0 fully saturated rings. The van der Waals surface area contributed by atoms with Gasteiger partial charge in [-0.25, -0.2) is 4.99 Å². The zero-order valence-electron chi connectivity index (χ0n) is 7.09. The molecule has 0 saturated heterocycles. The fourth-order valence-electron chi connectivity index (χ4n) is 0.517. The van der Waals surface area contributed by atoms with Crippen molar-refractivity contribution in [1.29, 1.82) is 0 Å². The van der Waals surface area contributed by atoms with Gasteiger partial charge in [0.1, 0.15) is 0 Å². The first-order chi connectivity index (χ1) is 5.28. The largest absolute Gasteiger partial charge is 0.482 e. The van der Waals surface area contributed by atoms with E-state index in [-0.39, 0.29) is 0 Å². The van der Waals surface area contributed by atoms with Crippen LogP contribution in [0.3, 0.4) is 0 Å². The predicted octanol–water partition coefficient (Wildman–Crippen LogP) is 0.770. The summed E-state index contributed by atoms with van der Waals surface area (Å²) in [5.74, 6) is 1.05. The Morgan fingerprint density at radius 2 is 2.27 bits per heavy atom. The van der Waals surface area contributed by atoms with Crippen molar-refractivity contribution in [3.63, 3.8) is 0 Å². The number of rotatable bonds is 2. The lowest BCUT2D eigenvalue weighted by molar-refractivity contribution is 0.274. The van der Waals surface area contributed by atoms with Crippen molar-refractivity contribution in [1.82, 2.24) is 5.32 Å². The third kappa shape index (κ3) is 3.40. The molecule has 1 N–H and O–H groups in total. The second kappa shape index (κ2) is 5.46. The van der Waals surface area contributed by atoms with E-state index in [1.54, 1.807) is 20.2 Å². The lowest BCUT2D eigenvalue weighted by Crippen LogP contribution is -2.21. The Hall–Kier alpha value is -1.32. The van der Waals surface area contributed by atoms with Crippen molar-refractivity contribution in [3.8, 4) is 0 Å². The fraction of sp³-hybridized carbons (Fsp3) is 0.429. The average molecular weight is 155 g/mol. The molecule has 4 nitrogen and oxygen atoms in total. The Bertz CT molecular complexity index is 184. The van der Waals surface area contributed by atoms with Gasteiger partial charge in [-0.05, 0) is 19.7 Å². The number of allylic oxidation sites excluding steroid dienone is 1. The van der Waals surface area contributed by atoms with Crippen LogP contribution in [0.2, 0.25) is 0 Å². The van der Waals surface area contributed by atoms with Gasteiger partial charge in [-0.15, -0.1) is 0 Å². The monoisotopic (exact) mass is 155 g/mol. The van der Waals surface area contributed by atoms with Gasteiger partial charge in [0, 0.05) is 7.05 Å². The number of nitrogens with zero attached hydrogens (tertiary/aromatic N) is 2. The summed E-state index contributed by atoms with van der Waals surface area (Å²) in [6, 6.07) is 0. The van der Waals surface area contributed by atoms with Gasteiger partial charge in [0.25, 0.3) is 0 Å². The molecule has 0 unspecified atom stereocenters. The molecule has 0 aliphatic heterocycles. The third-order valence-electron chi connectivity index (χ3n) is 1.08. The van der Waals surface area contributed by atoms with Gasteiger partial charge in [0.05, 0.1) is 7.11 Å². The van der Waals surface area contributed by atoms with Crippen LogP contribution in [0.5, 0.6) is 0 Å². The second-order valence-corrected chi connectivity index (χ2v) is 1.69. The molecule has 0 aliphatic rings. The first kappa shape index (κ1) is 9.68. The zero-order chi connectivity index (χ0) is 8.69. The minimum absolute atomic E-state index is 0.444. The van der Waals surface area contributed by atoms with Gasteiger partial charge >= 0.3 is 0 Å². The highest BCUT2D eigenvalue weighted by Crippen LogP contribution is 1.88. The van der Waals surface area contributed by atoms with Crippen LogP contribution < -0.4 is 5.32 Å². The number of aliphatic imine (C=N–C) groups is 2. The van der Waals surface area contributed by atoms with Crippen molar-refractivity contribution in [2.45, 2.75) is 6.92 Å². The molecule has 11 heavy (non-hydrogen) atoms. The van der Waals surface area contributed by atoms with E-state index in [4.69, 9.17) is 4.74 Å². The molecule has 0 spiro atoms. The lowest BCUT2D eigenvalue weighted by Gasteiger charge is -2.06. The summed E-state index contributed by atoms with van der Waals surface area (Å²) in [6.07, 6.45) is 1.77. The highest BCUT2D eigenvalue weighted by atomic mass is 16.5. The van der Waals surface area contributed by atoms with Crippen molar-refractivity contribution in [2.75, 3.05) is 14.2 Å². The number of guanidine groups is 1. The lowest BCUT2D eigenvalue weighted by atomic mass is 10.6. The smallest absolute Gasteiger partial charge is 0.223 e. The molecule has 0 aromatic heterocycles. The Morgan fingerprint density at radius 3 is 2.55 bits per heavy atom. The van der Waals surface area contributed by atoms with E-state index < -0.39 is 0 Å². The molecule has 0 aliphatic carbocycles. The molecule has 0 rings (SSSR count). The van der Waals surface area contributed by atoms with E-state index in [2.05, 4.69) is 22.0 Å². The van der Waals surface area contributed by atoms with Gasteiger partial charge < -0.3 is 4.74 Å². The molecular formula is C7H13N3O. The molecule has 0 atom stereocenters. The van der Waals surface area contributed by atoms with E-state index in [0.717, 1.165) is 0 Å². The maximum atomic E-state index is 4.92. The molecule has 4 heteroatoms. The first-order valence-electron chi connectivity index (χ1n) is 3.19. The van der Waals surface area contributed by atoms with Crippen LogP contribution in [0.25, 0.3) is 0 Å². The van der Waals surface area contributed by atoms with Gasteiger partial charge in [0.2, 0.25) is 5.96 Å². The van der Waals surface area contributed by atoms with Crippen LogP contribution in [0.1, 0.15) is 6.92 Å². The van der Waals surface area contributed by atoms with Crippen LogP contribution in [0.4, 0.5) is 0 Å². The third-order valence-corrected chi connectivity index (χ3v) is 1.08. The van der Waals surface area contributed by atoms with Gasteiger partial charge in [0.15, 0.2) is 5.88 Å². The minimum atomic E-state index is 0.444. The van der Waals surface area contributed by atoms with E-state index in [1.165, 1.54) is 0 Å². The predicted molar refractivity (Wildman–Crippen MR) is 46.8 cm³/mol. The summed E-state index contributed by atoms with van der Waals surface area (Å²) in [4.78, 5) is 7.41. The van der Waals surface area contributed by atoms with Gasteiger partial charge in [-0.2, -0.15) is 0 Å². The standard InChI is InChI=1S/C7H13N3O/c1-5-6(11-4)10-7(8-2)9-3/h5H,2H2,1,3-4H3,(H,9,10)/b6-5+. The van der Waals surface area contributed by atoms with E-state index >= 15 is 0 Å². The maximum absolute atomic E-state index is 4.92. The van der Waals surface area contributed by atoms with Crippen LogP contribution in [-0.2, 0) is 4.74 Å². The number of hydrogen-bond acceptors (Lipinski definition) is 2. The molecular weight excluding hydrogens is 142 g/mol. The summed E-state index contributed by atoms with van der Waals surface area (Å²) >= 11 is 0. The molecule has 0 heterocycles. The Labute approximate surface area is 66.7 Å².